The first-order chi connectivity index (χ1) is 6.13. The molecule has 0 unspecified atom stereocenters. The summed E-state index contributed by atoms with van der Waals surface area (Å²) in [7, 11) is 0. The molecule has 0 aliphatic carbocycles. The molecule has 0 aliphatic rings. The van der Waals surface area contributed by atoms with Crippen molar-refractivity contribution in [2.75, 3.05) is 0 Å². The maximum atomic E-state index is 11.4. The summed E-state index contributed by atoms with van der Waals surface area (Å²) in [5.74, 6) is 0.683. The Morgan fingerprint density at radius 3 is 2.08 bits per heavy atom. The van der Waals surface area contributed by atoms with E-state index in [1.807, 2.05) is 30.3 Å². The third-order valence-corrected chi connectivity index (χ3v) is 2.26. The van der Waals surface area contributed by atoms with Crippen LogP contribution in [0.1, 0.15) is 32.3 Å². The van der Waals surface area contributed by atoms with Gasteiger partial charge in [-0.2, -0.15) is 0 Å². The second-order valence-corrected chi connectivity index (χ2v) is 3.74. The van der Waals surface area contributed by atoms with Gasteiger partial charge in [0.05, 0.1) is 0 Å². The van der Waals surface area contributed by atoms with Crippen LogP contribution in [-0.2, 0) is 4.79 Å². The van der Waals surface area contributed by atoms with Crippen molar-refractivity contribution in [1.82, 2.24) is 0 Å². The quantitative estimate of drug-likeness (QED) is 0.692. The first-order valence-corrected chi connectivity index (χ1v) is 4.68. The van der Waals surface area contributed by atoms with Gasteiger partial charge in [-0.3, -0.25) is 4.79 Å². The van der Waals surface area contributed by atoms with Crippen molar-refractivity contribution in [2.45, 2.75) is 26.7 Å². The first kappa shape index (κ1) is 9.97. The van der Waals surface area contributed by atoms with E-state index >= 15 is 0 Å². The number of hydrogen-bond acceptors (Lipinski definition) is 1. The van der Waals surface area contributed by atoms with E-state index in [9.17, 15) is 4.79 Å². The minimum atomic E-state index is 0.0567. The summed E-state index contributed by atoms with van der Waals surface area (Å²) in [6.07, 6.45) is 0. The molecule has 0 saturated heterocycles. The Morgan fingerprint density at radius 2 is 1.69 bits per heavy atom. The highest BCUT2D eigenvalue weighted by atomic mass is 16.1. The number of benzene rings is 1. The average molecular weight is 176 g/mol. The smallest absolute Gasteiger partial charge is 0.137 e. The second kappa shape index (κ2) is 4.22. The summed E-state index contributed by atoms with van der Waals surface area (Å²) in [5.41, 5.74) is 1.13. The molecule has 0 aliphatic heterocycles. The lowest BCUT2D eigenvalue weighted by atomic mass is 9.86. The first-order valence-electron chi connectivity index (χ1n) is 4.68. The van der Waals surface area contributed by atoms with Crippen molar-refractivity contribution in [1.29, 1.82) is 0 Å². The SMILES string of the molecule is CC(=O)[C@H](c1ccccc1)C(C)C. The molecule has 1 nitrogen and oxygen atoms in total. The van der Waals surface area contributed by atoms with Crippen LogP contribution in [0.4, 0.5) is 0 Å². The third-order valence-electron chi connectivity index (χ3n) is 2.26. The molecular formula is C12H16O. The number of hydrogen-bond donors (Lipinski definition) is 0. The van der Waals surface area contributed by atoms with Crippen molar-refractivity contribution in [2.24, 2.45) is 5.92 Å². The summed E-state index contributed by atoms with van der Waals surface area (Å²) >= 11 is 0. The maximum Gasteiger partial charge on any atom is 0.137 e. The molecule has 70 valence electrons. The Balaban J connectivity index is 2.96. The lowest BCUT2D eigenvalue weighted by Gasteiger charge is -2.17. The monoisotopic (exact) mass is 176 g/mol. The molecule has 1 atom stereocenters. The van der Waals surface area contributed by atoms with E-state index < -0.39 is 0 Å². The Morgan fingerprint density at radius 1 is 1.15 bits per heavy atom. The fourth-order valence-corrected chi connectivity index (χ4v) is 1.75. The van der Waals surface area contributed by atoms with Crippen molar-refractivity contribution in [3.05, 3.63) is 35.9 Å². The van der Waals surface area contributed by atoms with Gasteiger partial charge in [0.25, 0.3) is 0 Å². The van der Waals surface area contributed by atoms with Gasteiger partial charge in [-0.1, -0.05) is 44.2 Å². The molecule has 1 heteroatoms. The van der Waals surface area contributed by atoms with Crippen molar-refractivity contribution >= 4 is 5.78 Å². The Labute approximate surface area is 79.8 Å². The van der Waals surface area contributed by atoms with Crippen LogP contribution in [0, 0.1) is 5.92 Å². The van der Waals surface area contributed by atoms with Gasteiger partial charge in [0.1, 0.15) is 5.78 Å². The highest BCUT2D eigenvalue weighted by molar-refractivity contribution is 5.83. The van der Waals surface area contributed by atoms with Crippen molar-refractivity contribution in [3.63, 3.8) is 0 Å². The Hall–Kier alpha value is -1.11. The predicted molar refractivity (Wildman–Crippen MR) is 54.7 cm³/mol. The molecular weight excluding hydrogens is 160 g/mol. The lowest BCUT2D eigenvalue weighted by Crippen LogP contribution is -2.14. The highest BCUT2D eigenvalue weighted by Crippen LogP contribution is 2.24. The van der Waals surface area contributed by atoms with Crippen LogP contribution in [0.3, 0.4) is 0 Å². The van der Waals surface area contributed by atoms with Gasteiger partial charge < -0.3 is 0 Å². The topological polar surface area (TPSA) is 17.1 Å². The molecule has 0 amide bonds. The molecule has 1 aromatic carbocycles. The number of carbonyl (C=O) groups is 1. The van der Waals surface area contributed by atoms with Crippen LogP contribution in [-0.4, -0.2) is 5.78 Å². The summed E-state index contributed by atoms with van der Waals surface area (Å²) in [6.45, 7) is 5.83. The van der Waals surface area contributed by atoms with Gasteiger partial charge in [0, 0.05) is 5.92 Å². The summed E-state index contributed by atoms with van der Waals surface area (Å²) in [6, 6.07) is 9.97. The summed E-state index contributed by atoms with van der Waals surface area (Å²) in [4.78, 5) is 11.4. The average Bonchev–Trinajstić information content (AvgIpc) is 2.04. The molecule has 13 heavy (non-hydrogen) atoms. The lowest BCUT2D eigenvalue weighted by molar-refractivity contribution is -0.119. The van der Waals surface area contributed by atoms with Gasteiger partial charge in [-0.05, 0) is 18.4 Å². The minimum Gasteiger partial charge on any atom is -0.299 e. The third kappa shape index (κ3) is 2.41. The Kier molecular flexibility index (Phi) is 3.24. The van der Waals surface area contributed by atoms with E-state index in [4.69, 9.17) is 0 Å². The van der Waals surface area contributed by atoms with Crippen LogP contribution in [0.5, 0.6) is 0 Å². The standard InChI is InChI=1S/C12H16O/c1-9(2)12(10(3)13)11-7-5-4-6-8-11/h4-9,12H,1-3H3/t12-/m1/s1. The van der Waals surface area contributed by atoms with Crippen LogP contribution >= 0.6 is 0 Å². The fraction of sp³-hybridized carbons (Fsp3) is 0.417. The van der Waals surface area contributed by atoms with Crippen LogP contribution in [0.25, 0.3) is 0 Å². The van der Waals surface area contributed by atoms with E-state index in [1.165, 1.54) is 0 Å². The molecule has 1 aromatic rings. The zero-order valence-electron chi connectivity index (χ0n) is 8.45. The fourth-order valence-electron chi connectivity index (χ4n) is 1.75. The van der Waals surface area contributed by atoms with Gasteiger partial charge >= 0.3 is 0 Å². The van der Waals surface area contributed by atoms with Crippen LogP contribution in [0.15, 0.2) is 30.3 Å². The molecule has 0 N–H and O–H groups in total. The number of carbonyl (C=O) groups excluding carboxylic acids is 1. The van der Waals surface area contributed by atoms with Gasteiger partial charge in [0.2, 0.25) is 0 Å². The molecule has 0 bridgehead atoms. The largest absolute Gasteiger partial charge is 0.299 e. The molecule has 0 fully saturated rings. The molecule has 0 spiro atoms. The molecule has 0 aromatic heterocycles. The second-order valence-electron chi connectivity index (χ2n) is 3.74. The molecule has 0 heterocycles. The highest BCUT2D eigenvalue weighted by Gasteiger charge is 2.19. The van der Waals surface area contributed by atoms with Crippen molar-refractivity contribution in [3.8, 4) is 0 Å². The van der Waals surface area contributed by atoms with E-state index in [0.717, 1.165) is 5.56 Å². The van der Waals surface area contributed by atoms with Gasteiger partial charge in [0.15, 0.2) is 0 Å². The maximum absolute atomic E-state index is 11.4. The number of ketones is 1. The number of Topliss-reactive ketones (excluding diaryl/α,β-unsaturated/α-hetero) is 1. The zero-order chi connectivity index (χ0) is 9.84. The molecule has 0 radical (unpaired) electrons. The Bertz CT molecular complexity index is 274. The summed E-state index contributed by atoms with van der Waals surface area (Å²) in [5, 5.41) is 0. The normalized spacial score (nSPS) is 12.9. The van der Waals surface area contributed by atoms with Crippen molar-refractivity contribution < 1.29 is 4.79 Å². The van der Waals surface area contributed by atoms with Crippen LogP contribution in [0.2, 0.25) is 0 Å². The predicted octanol–water partition coefficient (Wildman–Crippen LogP) is 3.02. The zero-order valence-corrected chi connectivity index (χ0v) is 8.45. The van der Waals surface area contributed by atoms with E-state index in [0.29, 0.717) is 5.92 Å². The van der Waals surface area contributed by atoms with Crippen LogP contribution < -0.4 is 0 Å². The summed E-state index contributed by atoms with van der Waals surface area (Å²) < 4.78 is 0. The van der Waals surface area contributed by atoms with E-state index in [2.05, 4.69) is 13.8 Å². The molecule has 1 rings (SSSR count). The van der Waals surface area contributed by atoms with Gasteiger partial charge in [-0.15, -0.1) is 0 Å². The minimum absolute atomic E-state index is 0.0567. The van der Waals surface area contributed by atoms with E-state index in [1.54, 1.807) is 6.92 Å². The molecule has 0 saturated carbocycles. The van der Waals surface area contributed by atoms with E-state index in [-0.39, 0.29) is 11.7 Å². The van der Waals surface area contributed by atoms with Gasteiger partial charge in [-0.25, -0.2) is 0 Å². The number of rotatable bonds is 3.